The highest BCUT2D eigenvalue weighted by atomic mass is 16.2. The highest BCUT2D eigenvalue weighted by molar-refractivity contribution is 5.80. The zero-order valence-corrected chi connectivity index (χ0v) is 16.9. The predicted octanol–water partition coefficient (Wildman–Crippen LogP) is 2.82. The maximum atomic E-state index is 13.2. The van der Waals surface area contributed by atoms with E-state index >= 15 is 0 Å². The molecule has 0 bridgehead atoms. The largest absolute Gasteiger partial charge is 0.340 e. The van der Waals surface area contributed by atoms with Crippen LogP contribution in [0, 0.1) is 5.92 Å². The van der Waals surface area contributed by atoms with Crippen LogP contribution in [0.3, 0.4) is 0 Å². The second kappa shape index (κ2) is 7.06. The van der Waals surface area contributed by atoms with E-state index in [4.69, 9.17) is 0 Å². The molecule has 1 aliphatic heterocycles. The van der Waals surface area contributed by atoms with Crippen LogP contribution in [-0.4, -0.2) is 57.3 Å². The Kier molecular flexibility index (Phi) is 4.20. The first kappa shape index (κ1) is 17.8. The molecule has 6 heteroatoms. The molecule has 1 saturated heterocycles. The molecule has 3 aromatic rings. The molecule has 2 aliphatic carbocycles. The van der Waals surface area contributed by atoms with Crippen molar-refractivity contribution in [2.45, 2.75) is 25.3 Å². The summed E-state index contributed by atoms with van der Waals surface area (Å²) in [6.07, 6.45) is 2.44. The van der Waals surface area contributed by atoms with Crippen molar-refractivity contribution in [3.8, 4) is 11.1 Å². The standard InChI is InChI=1S/C24H25N5O/c30-24(16-9-10-21-22(15-16)26-27-25-21)29-13-11-28(12-14-29)23-19-7-3-1-5-17(19)18-6-2-4-8-20(18)23/h1-8,16,23H,9-15H2,(H,25,26,27). The number of fused-ring (bicyclic) bond motifs is 4. The van der Waals surface area contributed by atoms with Gasteiger partial charge in [-0.25, -0.2) is 0 Å². The normalized spacial score (nSPS) is 21.2. The van der Waals surface area contributed by atoms with Crippen LogP contribution in [0.25, 0.3) is 11.1 Å². The van der Waals surface area contributed by atoms with Gasteiger partial charge in [0.2, 0.25) is 5.91 Å². The van der Waals surface area contributed by atoms with Gasteiger partial charge in [-0.2, -0.15) is 15.4 Å². The smallest absolute Gasteiger partial charge is 0.226 e. The number of rotatable bonds is 2. The Bertz CT molecular complexity index is 1050. The summed E-state index contributed by atoms with van der Waals surface area (Å²) in [7, 11) is 0. The number of aromatic amines is 1. The van der Waals surface area contributed by atoms with E-state index in [9.17, 15) is 4.79 Å². The molecule has 152 valence electrons. The summed E-state index contributed by atoms with van der Waals surface area (Å²) in [5.74, 6) is 0.331. The second-order valence-electron chi connectivity index (χ2n) is 8.60. The molecule has 1 fully saturated rings. The van der Waals surface area contributed by atoms with Crippen molar-refractivity contribution in [1.29, 1.82) is 0 Å². The van der Waals surface area contributed by atoms with Gasteiger partial charge in [0, 0.05) is 38.5 Å². The summed E-state index contributed by atoms with van der Waals surface area (Å²) in [5.41, 5.74) is 7.48. The molecule has 2 heterocycles. The number of hydrogen-bond donors (Lipinski definition) is 1. The quantitative estimate of drug-likeness (QED) is 0.720. The third-order valence-corrected chi connectivity index (χ3v) is 7.01. The van der Waals surface area contributed by atoms with Gasteiger partial charge in [0.05, 0.1) is 17.4 Å². The SMILES string of the molecule is O=C(C1CCc2n[nH]nc2C1)N1CCN(C2c3ccccc3-c3ccccc32)CC1. The summed E-state index contributed by atoms with van der Waals surface area (Å²) in [5, 5.41) is 11.1. The average molecular weight is 399 g/mol. The molecule has 0 radical (unpaired) electrons. The van der Waals surface area contributed by atoms with Crippen molar-refractivity contribution in [2.75, 3.05) is 26.2 Å². The average Bonchev–Trinajstić information content (AvgIpc) is 3.41. The van der Waals surface area contributed by atoms with Crippen LogP contribution in [0.2, 0.25) is 0 Å². The first-order valence-electron chi connectivity index (χ1n) is 10.9. The van der Waals surface area contributed by atoms with Crippen LogP contribution in [0.15, 0.2) is 48.5 Å². The topological polar surface area (TPSA) is 65.1 Å². The lowest BCUT2D eigenvalue weighted by molar-refractivity contribution is -0.138. The Balaban J connectivity index is 1.18. The minimum Gasteiger partial charge on any atom is -0.340 e. The van der Waals surface area contributed by atoms with Crippen LogP contribution < -0.4 is 0 Å². The fourth-order valence-corrected chi connectivity index (χ4v) is 5.48. The van der Waals surface area contributed by atoms with Gasteiger partial charge in [-0.15, -0.1) is 0 Å². The summed E-state index contributed by atoms with van der Waals surface area (Å²) in [6.45, 7) is 3.39. The van der Waals surface area contributed by atoms with Crippen LogP contribution in [0.4, 0.5) is 0 Å². The fourth-order valence-electron chi connectivity index (χ4n) is 5.48. The molecular formula is C24H25N5O. The van der Waals surface area contributed by atoms with E-state index in [1.54, 1.807) is 0 Å². The first-order chi connectivity index (χ1) is 14.8. The molecule has 2 aromatic carbocycles. The third-order valence-electron chi connectivity index (χ3n) is 7.01. The number of H-pyrrole nitrogens is 1. The van der Waals surface area contributed by atoms with Crippen molar-refractivity contribution in [3.63, 3.8) is 0 Å². The number of carbonyl (C=O) groups is 1. The molecule has 6 rings (SSSR count). The van der Waals surface area contributed by atoms with E-state index in [2.05, 4.69) is 73.7 Å². The van der Waals surface area contributed by atoms with Crippen molar-refractivity contribution in [1.82, 2.24) is 25.2 Å². The molecule has 6 nitrogen and oxygen atoms in total. The Morgan fingerprint density at radius 2 is 1.50 bits per heavy atom. The van der Waals surface area contributed by atoms with E-state index < -0.39 is 0 Å². The van der Waals surface area contributed by atoms with E-state index in [0.29, 0.717) is 12.5 Å². The Hall–Kier alpha value is -2.99. The number of hydrogen-bond acceptors (Lipinski definition) is 4. The zero-order chi connectivity index (χ0) is 20.1. The van der Waals surface area contributed by atoms with Crippen LogP contribution in [0.1, 0.15) is 35.0 Å². The molecule has 0 saturated carbocycles. The Labute approximate surface area is 175 Å². The number of benzene rings is 2. The maximum Gasteiger partial charge on any atom is 0.226 e. The lowest BCUT2D eigenvalue weighted by Crippen LogP contribution is -2.51. The summed E-state index contributed by atoms with van der Waals surface area (Å²) >= 11 is 0. The number of piperazine rings is 1. The van der Waals surface area contributed by atoms with E-state index in [1.807, 2.05) is 0 Å². The monoisotopic (exact) mass is 399 g/mol. The Morgan fingerprint density at radius 3 is 2.20 bits per heavy atom. The molecule has 1 amide bonds. The molecule has 1 N–H and O–H groups in total. The number of aromatic nitrogens is 3. The molecular weight excluding hydrogens is 374 g/mol. The van der Waals surface area contributed by atoms with Gasteiger partial charge >= 0.3 is 0 Å². The van der Waals surface area contributed by atoms with Crippen LogP contribution in [-0.2, 0) is 17.6 Å². The fraction of sp³-hybridized carbons (Fsp3) is 0.375. The lowest BCUT2D eigenvalue weighted by Gasteiger charge is -2.40. The second-order valence-corrected chi connectivity index (χ2v) is 8.60. The van der Waals surface area contributed by atoms with Gasteiger partial charge in [-0.05, 0) is 35.1 Å². The van der Waals surface area contributed by atoms with Gasteiger partial charge in [-0.1, -0.05) is 48.5 Å². The number of nitrogens with one attached hydrogen (secondary N) is 1. The van der Waals surface area contributed by atoms with Gasteiger partial charge in [0.15, 0.2) is 0 Å². The van der Waals surface area contributed by atoms with E-state index in [0.717, 1.165) is 50.4 Å². The molecule has 0 spiro atoms. The summed E-state index contributed by atoms with van der Waals surface area (Å²) < 4.78 is 0. The first-order valence-corrected chi connectivity index (χ1v) is 10.9. The third kappa shape index (κ3) is 2.78. The van der Waals surface area contributed by atoms with Gasteiger partial charge in [-0.3, -0.25) is 9.69 Å². The van der Waals surface area contributed by atoms with E-state index in [-0.39, 0.29) is 11.8 Å². The highest BCUT2D eigenvalue weighted by Crippen LogP contribution is 2.46. The number of carbonyl (C=O) groups excluding carboxylic acids is 1. The summed E-state index contributed by atoms with van der Waals surface area (Å²) in [6, 6.07) is 17.8. The molecule has 30 heavy (non-hydrogen) atoms. The van der Waals surface area contributed by atoms with Crippen molar-refractivity contribution in [3.05, 3.63) is 71.0 Å². The Morgan fingerprint density at radius 1 is 0.867 bits per heavy atom. The molecule has 3 aliphatic rings. The lowest BCUT2D eigenvalue weighted by atomic mass is 9.88. The van der Waals surface area contributed by atoms with Gasteiger partial charge < -0.3 is 4.90 Å². The highest BCUT2D eigenvalue weighted by Gasteiger charge is 2.36. The van der Waals surface area contributed by atoms with Crippen molar-refractivity contribution in [2.24, 2.45) is 5.92 Å². The maximum absolute atomic E-state index is 13.2. The zero-order valence-electron chi connectivity index (χ0n) is 16.9. The van der Waals surface area contributed by atoms with Crippen molar-refractivity contribution >= 4 is 5.91 Å². The summed E-state index contributed by atoms with van der Waals surface area (Å²) in [4.78, 5) is 17.8. The predicted molar refractivity (Wildman–Crippen MR) is 114 cm³/mol. The molecule has 1 aromatic heterocycles. The van der Waals surface area contributed by atoms with Crippen LogP contribution in [0.5, 0.6) is 0 Å². The van der Waals surface area contributed by atoms with Crippen LogP contribution >= 0.6 is 0 Å². The van der Waals surface area contributed by atoms with Gasteiger partial charge in [0.1, 0.15) is 0 Å². The molecule has 1 atom stereocenters. The number of nitrogens with zero attached hydrogens (tertiary/aromatic N) is 4. The van der Waals surface area contributed by atoms with E-state index in [1.165, 1.54) is 22.3 Å². The minimum atomic E-state index is 0.0436. The number of amides is 1. The number of aryl methyl sites for hydroxylation is 1. The minimum absolute atomic E-state index is 0.0436. The molecule has 1 unspecified atom stereocenters. The van der Waals surface area contributed by atoms with Gasteiger partial charge in [0.25, 0.3) is 0 Å². The van der Waals surface area contributed by atoms with Crippen molar-refractivity contribution < 1.29 is 4.79 Å².